The molecule has 1 fully saturated rings. The molecule has 4 rings (SSSR count). The first kappa shape index (κ1) is 21.1. The maximum atomic E-state index is 13.2. The summed E-state index contributed by atoms with van der Waals surface area (Å²) in [4.78, 5) is 30.4. The highest BCUT2D eigenvalue weighted by Gasteiger charge is 2.24. The monoisotopic (exact) mass is 419 g/mol. The van der Waals surface area contributed by atoms with Gasteiger partial charge < -0.3 is 10.1 Å². The summed E-state index contributed by atoms with van der Waals surface area (Å²) in [6, 6.07) is 11.1. The van der Waals surface area contributed by atoms with Gasteiger partial charge in [-0.3, -0.25) is 9.36 Å². The molecule has 1 N–H and O–H groups in total. The summed E-state index contributed by atoms with van der Waals surface area (Å²) in [6.45, 7) is 4.01. The lowest BCUT2D eigenvalue weighted by Gasteiger charge is -2.21. The van der Waals surface area contributed by atoms with Crippen molar-refractivity contribution in [3.8, 4) is 0 Å². The van der Waals surface area contributed by atoms with Gasteiger partial charge in [-0.15, -0.1) is 0 Å². The quantitative estimate of drug-likeness (QED) is 0.598. The molecule has 1 saturated carbocycles. The van der Waals surface area contributed by atoms with Crippen molar-refractivity contribution in [3.05, 3.63) is 69.3 Å². The van der Waals surface area contributed by atoms with E-state index in [1.54, 1.807) is 10.6 Å². The number of aryl methyl sites for hydroxylation is 1. The Morgan fingerprint density at radius 1 is 1.23 bits per heavy atom. The van der Waals surface area contributed by atoms with E-state index in [0.29, 0.717) is 22.6 Å². The van der Waals surface area contributed by atoms with Crippen LogP contribution < -0.4 is 10.9 Å². The highest BCUT2D eigenvalue weighted by Crippen LogP contribution is 2.34. The lowest BCUT2D eigenvalue weighted by molar-refractivity contribution is 0.0602. The molecule has 1 atom stereocenters. The average Bonchev–Trinajstić information content (AvgIpc) is 3.30. The molecule has 1 aliphatic rings. The number of carbonyl (C=O) groups excluding carboxylic acids is 1. The van der Waals surface area contributed by atoms with Gasteiger partial charge in [0, 0.05) is 24.2 Å². The summed E-state index contributed by atoms with van der Waals surface area (Å²) in [5.41, 5.74) is 3.86. The molecule has 0 aliphatic heterocycles. The Balaban J connectivity index is 1.82. The number of para-hydroxylation sites is 1. The SMILES string of the molecule is COC(=O)c1ccccc1N[C@H](C)c1cc(C)cc2c(=O)n(C)c(C3CCCC3)nc12. The third-order valence-corrected chi connectivity index (χ3v) is 6.28. The average molecular weight is 420 g/mol. The Labute approximate surface area is 182 Å². The number of aromatic nitrogens is 2. The van der Waals surface area contributed by atoms with Crippen LogP contribution in [0.4, 0.5) is 5.69 Å². The number of hydrogen-bond donors (Lipinski definition) is 1. The van der Waals surface area contributed by atoms with Gasteiger partial charge in [0.25, 0.3) is 5.56 Å². The predicted molar refractivity (Wildman–Crippen MR) is 123 cm³/mol. The molecule has 6 nitrogen and oxygen atoms in total. The van der Waals surface area contributed by atoms with Crippen molar-refractivity contribution in [2.45, 2.75) is 51.5 Å². The summed E-state index contributed by atoms with van der Waals surface area (Å²) >= 11 is 0. The van der Waals surface area contributed by atoms with Crippen LogP contribution in [-0.2, 0) is 11.8 Å². The van der Waals surface area contributed by atoms with E-state index in [2.05, 4.69) is 11.4 Å². The molecule has 6 heteroatoms. The smallest absolute Gasteiger partial charge is 0.339 e. The fourth-order valence-corrected chi connectivity index (χ4v) is 4.66. The molecule has 1 aromatic heterocycles. The second-order valence-corrected chi connectivity index (χ2v) is 8.47. The van der Waals surface area contributed by atoms with Crippen LogP contribution in [0.5, 0.6) is 0 Å². The minimum Gasteiger partial charge on any atom is -0.465 e. The molecule has 0 saturated heterocycles. The minimum absolute atomic E-state index is 0.000916. The molecule has 0 amide bonds. The minimum atomic E-state index is -0.389. The van der Waals surface area contributed by atoms with Crippen molar-refractivity contribution < 1.29 is 9.53 Å². The number of nitrogens with one attached hydrogen (secondary N) is 1. The van der Waals surface area contributed by atoms with Gasteiger partial charge in [-0.05, 0) is 50.5 Å². The largest absolute Gasteiger partial charge is 0.465 e. The normalized spacial score (nSPS) is 15.2. The lowest BCUT2D eigenvalue weighted by atomic mass is 9.99. The van der Waals surface area contributed by atoms with Crippen molar-refractivity contribution in [3.63, 3.8) is 0 Å². The zero-order chi connectivity index (χ0) is 22.1. The van der Waals surface area contributed by atoms with Crippen LogP contribution in [0, 0.1) is 6.92 Å². The first-order valence-electron chi connectivity index (χ1n) is 10.9. The third-order valence-electron chi connectivity index (χ3n) is 6.28. The molecule has 0 radical (unpaired) electrons. The van der Waals surface area contributed by atoms with E-state index in [9.17, 15) is 9.59 Å². The fourth-order valence-electron chi connectivity index (χ4n) is 4.66. The summed E-state index contributed by atoms with van der Waals surface area (Å²) in [7, 11) is 3.21. The van der Waals surface area contributed by atoms with Gasteiger partial charge in [0.15, 0.2) is 0 Å². The van der Waals surface area contributed by atoms with Gasteiger partial charge in [-0.1, -0.05) is 31.0 Å². The van der Waals surface area contributed by atoms with Gasteiger partial charge in [0.1, 0.15) is 5.82 Å². The maximum Gasteiger partial charge on any atom is 0.339 e. The Hall–Kier alpha value is -3.15. The third kappa shape index (κ3) is 3.94. The predicted octanol–water partition coefficient (Wildman–Crippen LogP) is 4.86. The Bertz CT molecular complexity index is 1190. The van der Waals surface area contributed by atoms with E-state index in [-0.39, 0.29) is 17.6 Å². The molecule has 31 heavy (non-hydrogen) atoms. The molecule has 2 aromatic carbocycles. The molecule has 3 aromatic rings. The second-order valence-electron chi connectivity index (χ2n) is 8.47. The van der Waals surface area contributed by atoms with Crippen LogP contribution in [0.2, 0.25) is 0 Å². The van der Waals surface area contributed by atoms with E-state index in [0.717, 1.165) is 35.3 Å². The summed E-state index contributed by atoms with van der Waals surface area (Å²) in [5.74, 6) is 0.821. The van der Waals surface area contributed by atoms with Crippen molar-refractivity contribution in [2.24, 2.45) is 7.05 Å². The number of carbonyl (C=O) groups is 1. The number of esters is 1. The van der Waals surface area contributed by atoms with E-state index >= 15 is 0 Å². The van der Waals surface area contributed by atoms with Gasteiger partial charge in [-0.25, -0.2) is 9.78 Å². The Kier molecular flexibility index (Phi) is 5.81. The number of fused-ring (bicyclic) bond motifs is 1. The van der Waals surface area contributed by atoms with Gasteiger partial charge in [-0.2, -0.15) is 0 Å². The van der Waals surface area contributed by atoms with Crippen LogP contribution in [0.1, 0.15) is 71.9 Å². The number of nitrogens with zero attached hydrogens (tertiary/aromatic N) is 2. The van der Waals surface area contributed by atoms with Crippen molar-refractivity contribution in [1.82, 2.24) is 9.55 Å². The number of benzene rings is 2. The molecule has 1 aliphatic carbocycles. The molecule has 162 valence electrons. The van der Waals surface area contributed by atoms with Crippen LogP contribution >= 0.6 is 0 Å². The van der Waals surface area contributed by atoms with Crippen molar-refractivity contribution >= 4 is 22.6 Å². The number of anilines is 1. The molecule has 0 spiro atoms. The highest BCUT2D eigenvalue weighted by atomic mass is 16.5. The van der Waals surface area contributed by atoms with Crippen molar-refractivity contribution in [1.29, 1.82) is 0 Å². The van der Waals surface area contributed by atoms with Crippen LogP contribution in [0.15, 0.2) is 41.2 Å². The standard InChI is InChI=1S/C25H29N3O3/c1-15-13-19(16(2)26-21-12-8-7-11-18(21)25(30)31-4)22-20(14-15)24(29)28(3)23(27-22)17-9-5-6-10-17/h7-8,11-14,16-17,26H,5-6,9-10H2,1-4H3/t16-/m1/s1. The lowest BCUT2D eigenvalue weighted by Crippen LogP contribution is -2.25. The molecule has 1 heterocycles. The zero-order valence-corrected chi connectivity index (χ0v) is 18.6. The fraction of sp³-hybridized carbons (Fsp3) is 0.400. The molecular weight excluding hydrogens is 390 g/mol. The van der Waals surface area contributed by atoms with E-state index in [1.165, 1.54) is 20.0 Å². The first-order chi connectivity index (χ1) is 14.9. The summed E-state index contributed by atoms with van der Waals surface area (Å²) < 4.78 is 6.65. The molecule has 0 unspecified atom stereocenters. The van der Waals surface area contributed by atoms with Crippen molar-refractivity contribution in [2.75, 3.05) is 12.4 Å². The van der Waals surface area contributed by atoms with Gasteiger partial charge in [0.05, 0.1) is 29.6 Å². The summed E-state index contributed by atoms with van der Waals surface area (Å²) in [6.07, 6.45) is 4.52. The van der Waals surface area contributed by atoms with E-state index in [1.807, 2.05) is 45.2 Å². The van der Waals surface area contributed by atoms with Gasteiger partial charge in [0.2, 0.25) is 0 Å². The van der Waals surface area contributed by atoms with Crippen LogP contribution in [0.25, 0.3) is 10.9 Å². The second kappa shape index (κ2) is 8.53. The molecular formula is C25H29N3O3. The maximum absolute atomic E-state index is 13.2. The zero-order valence-electron chi connectivity index (χ0n) is 18.6. The van der Waals surface area contributed by atoms with Gasteiger partial charge >= 0.3 is 5.97 Å². The van der Waals surface area contributed by atoms with E-state index < -0.39 is 0 Å². The number of methoxy groups -OCH3 is 1. The van der Waals surface area contributed by atoms with E-state index in [4.69, 9.17) is 9.72 Å². The topological polar surface area (TPSA) is 73.2 Å². The highest BCUT2D eigenvalue weighted by molar-refractivity contribution is 5.95. The first-order valence-corrected chi connectivity index (χ1v) is 10.9. The summed E-state index contributed by atoms with van der Waals surface area (Å²) in [5, 5.41) is 4.07. The number of hydrogen-bond acceptors (Lipinski definition) is 5. The number of ether oxygens (including phenoxy) is 1. The molecule has 0 bridgehead atoms. The Morgan fingerprint density at radius 3 is 2.65 bits per heavy atom. The number of rotatable bonds is 5. The Morgan fingerprint density at radius 2 is 1.94 bits per heavy atom. The van der Waals surface area contributed by atoms with Crippen LogP contribution in [0.3, 0.4) is 0 Å². The van der Waals surface area contributed by atoms with Crippen LogP contribution in [-0.4, -0.2) is 22.6 Å².